The van der Waals surface area contributed by atoms with Crippen molar-refractivity contribution in [1.29, 1.82) is 0 Å². The van der Waals surface area contributed by atoms with Crippen LogP contribution in [0.25, 0.3) is 0 Å². The number of rotatable bonds is 3. The Balaban J connectivity index is 2.39. The first-order valence-electron chi connectivity index (χ1n) is 5.14. The molecule has 0 radical (unpaired) electrons. The molecular weight excluding hydrogens is 172 g/mol. The molecule has 1 atom stereocenters. The van der Waals surface area contributed by atoms with Gasteiger partial charge in [-0.2, -0.15) is 0 Å². The maximum absolute atomic E-state index is 12.8. The molecule has 78 valence electrons. The average molecular weight is 191 g/mol. The van der Waals surface area contributed by atoms with Crippen LogP contribution in [0.2, 0.25) is 0 Å². The highest BCUT2D eigenvalue weighted by Gasteiger charge is 2.36. The third kappa shape index (κ3) is 2.90. The summed E-state index contributed by atoms with van der Waals surface area (Å²) in [6, 6.07) is 0.427. The summed E-state index contributed by atoms with van der Waals surface area (Å²) in [5.41, 5.74) is 0. The zero-order valence-corrected chi connectivity index (χ0v) is 8.45. The molecule has 1 aliphatic carbocycles. The Morgan fingerprint density at radius 3 is 2.31 bits per heavy atom. The van der Waals surface area contributed by atoms with Crippen molar-refractivity contribution >= 4 is 0 Å². The average Bonchev–Trinajstić information content (AvgIpc) is 2.09. The molecule has 0 aliphatic heterocycles. The summed E-state index contributed by atoms with van der Waals surface area (Å²) in [4.78, 5) is 0. The summed E-state index contributed by atoms with van der Waals surface area (Å²) >= 11 is 0. The van der Waals surface area contributed by atoms with E-state index in [1.807, 2.05) is 7.05 Å². The van der Waals surface area contributed by atoms with Gasteiger partial charge in [0.05, 0.1) is 0 Å². The van der Waals surface area contributed by atoms with Crippen LogP contribution < -0.4 is 5.32 Å². The summed E-state index contributed by atoms with van der Waals surface area (Å²) < 4.78 is 25.7. The molecule has 0 saturated heterocycles. The van der Waals surface area contributed by atoms with Gasteiger partial charge in [-0.3, -0.25) is 0 Å². The van der Waals surface area contributed by atoms with Gasteiger partial charge in [-0.15, -0.1) is 0 Å². The highest BCUT2D eigenvalue weighted by molar-refractivity contribution is 4.83. The van der Waals surface area contributed by atoms with Crippen molar-refractivity contribution in [2.75, 3.05) is 7.05 Å². The monoisotopic (exact) mass is 191 g/mol. The summed E-state index contributed by atoms with van der Waals surface area (Å²) in [5.74, 6) is -1.93. The second-order valence-electron chi connectivity index (χ2n) is 4.00. The molecular formula is C10H19F2N. The Morgan fingerprint density at radius 1 is 1.38 bits per heavy atom. The van der Waals surface area contributed by atoms with Crippen LogP contribution in [0, 0.1) is 5.92 Å². The molecule has 0 spiro atoms. The minimum absolute atomic E-state index is 0.0792. The fraction of sp³-hybridized carbons (Fsp3) is 1.00. The summed E-state index contributed by atoms with van der Waals surface area (Å²) in [6.07, 6.45) is 2.54. The Bertz CT molecular complexity index is 145. The van der Waals surface area contributed by atoms with E-state index in [0.717, 1.165) is 6.42 Å². The first kappa shape index (κ1) is 10.9. The van der Waals surface area contributed by atoms with Gasteiger partial charge in [-0.05, 0) is 32.2 Å². The van der Waals surface area contributed by atoms with Gasteiger partial charge in [0.25, 0.3) is 0 Å². The lowest BCUT2D eigenvalue weighted by Gasteiger charge is -2.33. The van der Waals surface area contributed by atoms with E-state index in [1.165, 1.54) is 0 Å². The molecule has 1 nitrogen and oxygen atoms in total. The number of hydrogen-bond acceptors (Lipinski definition) is 1. The molecule has 1 aliphatic rings. The lowest BCUT2D eigenvalue weighted by molar-refractivity contribution is -0.0494. The fourth-order valence-corrected chi connectivity index (χ4v) is 2.24. The molecule has 0 aromatic heterocycles. The van der Waals surface area contributed by atoms with E-state index in [-0.39, 0.29) is 12.8 Å². The maximum atomic E-state index is 12.8. The molecule has 1 saturated carbocycles. The molecule has 1 unspecified atom stereocenters. The summed E-state index contributed by atoms with van der Waals surface area (Å²) in [6.45, 7) is 2.11. The SMILES string of the molecule is CCC(NC)C1CCC(F)(F)CC1. The topological polar surface area (TPSA) is 12.0 Å². The molecule has 0 heterocycles. The van der Waals surface area contributed by atoms with E-state index in [0.29, 0.717) is 24.8 Å². The van der Waals surface area contributed by atoms with Crippen molar-refractivity contribution in [2.24, 2.45) is 5.92 Å². The van der Waals surface area contributed by atoms with Gasteiger partial charge < -0.3 is 5.32 Å². The van der Waals surface area contributed by atoms with Crippen molar-refractivity contribution in [3.05, 3.63) is 0 Å². The molecule has 0 bridgehead atoms. The van der Waals surface area contributed by atoms with Crippen LogP contribution in [0.4, 0.5) is 8.78 Å². The van der Waals surface area contributed by atoms with Crippen molar-refractivity contribution in [2.45, 2.75) is 51.0 Å². The zero-order chi connectivity index (χ0) is 9.90. The Hall–Kier alpha value is -0.180. The molecule has 13 heavy (non-hydrogen) atoms. The zero-order valence-electron chi connectivity index (χ0n) is 8.45. The first-order chi connectivity index (χ1) is 6.09. The smallest absolute Gasteiger partial charge is 0.248 e. The van der Waals surface area contributed by atoms with E-state index in [4.69, 9.17) is 0 Å². The fourth-order valence-electron chi connectivity index (χ4n) is 2.24. The van der Waals surface area contributed by atoms with E-state index in [1.54, 1.807) is 0 Å². The van der Waals surface area contributed by atoms with E-state index in [2.05, 4.69) is 12.2 Å². The highest BCUT2D eigenvalue weighted by atomic mass is 19.3. The third-order valence-electron chi connectivity index (χ3n) is 3.14. The lowest BCUT2D eigenvalue weighted by Crippen LogP contribution is -2.37. The molecule has 0 aromatic carbocycles. The molecule has 1 N–H and O–H groups in total. The molecule has 1 fully saturated rings. The van der Waals surface area contributed by atoms with Crippen LogP contribution >= 0.6 is 0 Å². The normalized spacial score (nSPS) is 25.8. The van der Waals surface area contributed by atoms with Crippen LogP contribution in [0.3, 0.4) is 0 Å². The van der Waals surface area contributed by atoms with Gasteiger partial charge in [0.15, 0.2) is 0 Å². The largest absolute Gasteiger partial charge is 0.317 e. The molecule has 3 heteroatoms. The highest BCUT2D eigenvalue weighted by Crippen LogP contribution is 2.37. The van der Waals surface area contributed by atoms with Crippen LogP contribution in [0.15, 0.2) is 0 Å². The van der Waals surface area contributed by atoms with Crippen LogP contribution in [0.1, 0.15) is 39.0 Å². The Morgan fingerprint density at radius 2 is 1.92 bits per heavy atom. The summed E-state index contributed by atoms with van der Waals surface area (Å²) in [5, 5.41) is 3.20. The quantitative estimate of drug-likeness (QED) is 0.723. The van der Waals surface area contributed by atoms with E-state index in [9.17, 15) is 8.78 Å². The second-order valence-corrected chi connectivity index (χ2v) is 4.00. The van der Waals surface area contributed by atoms with E-state index >= 15 is 0 Å². The predicted molar refractivity (Wildman–Crippen MR) is 50.0 cm³/mol. The minimum atomic E-state index is -2.39. The van der Waals surface area contributed by atoms with Crippen molar-refractivity contribution in [1.82, 2.24) is 5.32 Å². The van der Waals surface area contributed by atoms with Gasteiger partial charge in [0.1, 0.15) is 0 Å². The van der Waals surface area contributed by atoms with E-state index < -0.39 is 5.92 Å². The number of halogens is 2. The Labute approximate surface area is 78.9 Å². The minimum Gasteiger partial charge on any atom is -0.317 e. The number of nitrogens with one attached hydrogen (secondary N) is 1. The van der Waals surface area contributed by atoms with Crippen LogP contribution in [-0.4, -0.2) is 19.0 Å². The second kappa shape index (κ2) is 4.36. The van der Waals surface area contributed by atoms with Crippen molar-refractivity contribution < 1.29 is 8.78 Å². The van der Waals surface area contributed by atoms with Gasteiger partial charge in [0, 0.05) is 18.9 Å². The molecule has 0 aromatic rings. The number of alkyl halides is 2. The standard InChI is InChI=1S/C10H19F2N/c1-3-9(13-2)8-4-6-10(11,12)7-5-8/h8-9,13H,3-7H2,1-2H3. The van der Waals surface area contributed by atoms with Crippen molar-refractivity contribution in [3.8, 4) is 0 Å². The van der Waals surface area contributed by atoms with Gasteiger partial charge in [-0.25, -0.2) is 8.78 Å². The summed E-state index contributed by atoms with van der Waals surface area (Å²) in [7, 11) is 1.92. The van der Waals surface area contributed by atoms with Gasteiger partial charge in [0.2, 0.25) is 5.92 Å². The molecule has 1 rings (SSSR count). The van der Waals surface area contributed by atoms with Crippen LogP contribution in [-0.2, 0) is 0 Å². The van der Waals surface area contributed by atoms with Crippen molar-refractivity contribution in [3.63, 3.8) is 0 Å². The predicted octanol–water partition coefficient (Wildman–Crippen LogP) is 2.81. The first-order valence-corrected chi connectivity index (χ1v) is 5.14. The molecule has 0 amide bonds. The van der Waals surface area contributed by atoms with Gasteiger partial charge >= 0.3 is 0 Å². The number of hydrogen-bond donors (Lipinski definition) is 1. The van der Waals surface area contributed by atoms with Crippen LogP contribution in [0.5, 0.6) is 0 Å². The Kier molecular flexibility index (Phi) is 3.65. The lowest BCUT2D eigenvalue weighted by atomic mass is 9.81. The van der Waals surface area contributed by atoms with Gasteiger partial charge in [-0.1, -0.05) is 6.92 Å². The maximum Gasteiger partial charge on any atom is 0.248 e. The third-order valence-corrected chi connectivity index (χ3v) is 3.14.